The molecule has 1 saturated carbocycles. The first kappa shape index (κ1) is 12.2. The number of aliphatic hydroxyl groups is 1. The van der Waals surface area contributed by atoms with Gasteiger partial charge in [-0.05, 0) is 31.4 Å². The Morgan fingerprint density at radius 1 is 1.35 bits per heavy atom. The normalized spacial score (nSPS) is 18.3. The molecular formula is C14H22N2O. The summed E-state index contributed by atoms with van der Waals surface area (Å²) in [4.78, 5) is 2.08. The number of likely N-dealkylation sites (N-methyl/N-ethyl adjacent to an activating group) is 1. The zero-order valence-corrected chi connectivity index (χ0v) is 10.7. The Hall–Kier alpha value is -1.22. The van der Waals surface area contributed by atoms with Crippen molar-refractivity contribution in [2.45, 2.75) is 38.2 Å². The van der Waals surface area contributed by atoms with Gasteiger partial charge in [0.25, 0.3) is 0 Å². The number of hydrogen-bond donors (Lipinski definition) is 2. The van der Waals surface area contributed by atoms with Crippen LogP contribution in [0.1, 0.15) is 31.2 Å². The number of rotatable bonds is 3. The van der Waals surface area contributed by atoms with Crippen molar-refractivity contribution in [2.75, 3.05) is 24.2 Å². The van der Waals surface area contributed by atoms with Gasteiger partial charge in [0.15, 0.2) is 0 Å². The number of hydrogen-bond acceptors (Lipinski definition) is 3. The Balaban J connectivity index is 2.14. The molecular weight excluding hydrogens is 212 g/mol. The summed E-state index contributed by atoms with van der Waals surface area (Å²) in [5.74, 6) is 0. The van der Waals surface area contributed by atoms with Crippen LogP contribution in [0.2, 0.25) is 0 Å². The summed E-state index contributed by atoms with van der Waals surface area (Å²) in [5.41, 5.74) is 8.48. The van der Waals surface area contributed by atoms with Crippen LogP contribution >= 0.6 is 0 Å². The van der Waals surface area contributed by atoms with Gasteiger partial charge in [-0.1, -0.05) is 25.0 Å². The van der Waals surface area contributed by atoms with E-state index in [2.05, 4.69) is 4.90 Å². The van der Waals surface area contributed by atoms with Crippen molar-refractivity contribution in [2.24, 2.45) is 0 Å². The van der Waals surface area contributed by atoms with Crippen molar-refractivity contribution in [3.05, 3.63) is 23.8 Å². The predicted octanol–water partition coefficient (Wildman–Crippen LogP) is 2.32. The van der Waals surface area contributed by atoms with Crippen molar-refractivity contribution in [3.8, 4) is 0 Å². The van der Waals surface area contributed by atoms with E-state index in [0.717, 1.165) is 42.6 Å². The Morgan fingerprint density at radius 2 is 2.00 bits per heavy atom. The summed E-state index contributed by atoms with van der Waals surface area (Å²) in [5, 5.41) is 10.4. The molecule has 2 rings (SSSR count). The molecule has 1 aromatic carbocycles. The van der Waals surface area contributed by atoms with E-state index in [9.17, 15) is 5.11 Å². The first-order valence-electron chi connectivity index (χ1n) is 6.30. The monoisotopic (exact) mass is 234 g/mol. The maximum atomic E-state index is 10.4. The van der Waals surface area contributed by atoms with Crippen LogP contribution in [-0.4, -0.2) is 24.3 Å². The van der Waals surface area contributed by atoms with Crippen LogP contribution in [0.4, 0.5) is 11.4 Å². The zero-order chi connectivity index (χ0) is 12.5. The molecule has 1 aliphatic carbocycles. The number of benzene rings is 1. The highest BCUT2D eigenvalue weighted by Crippen LogP contribution is 2.33. The molecule has 0 aliphatic heterocycles. The fourth-order valence-electron chi connectivity index (χ4n) is 2.72. The summed E-state index contributed by atoms with van der Waals surface area (Å²) >= 11 is 0. The van der Waals surface area contributed by atoms with Crippen LogP contribution in [0.5, 0.6) is 0 Å². The summed E-state index contributed by atoms with van der Waals surface area (Å²) < 4.78 is 0. The van der Waals surface area contributed by atoms with Crippen molar-refractivity contribution in [3.63, 3.8) is 0 Å². The summed E-state index contributed by atoms with van der Waals surface area (Å²) in [6.45, 7) is 2.68. The molecule has 0 bridgehead atoms. The van der Waals surface area contributed by atoms with E-state index in [1.165, 1.54) is 0 Å². The fraction of sp³-hybridized carbons (Fsp3) is 0.571. The molecule has 0 spiro atoms. The minimum Gasteiger partial charge on any atom is -0.397 e. The van der Waals surface area contributed by atoms with Gasteiger partial charge in [-0.15, -0.1) is 0 Å². The summed E-state index contributed by atoms with van der Waals surface area (Å²) in [6, 6.07) is 6.04. The van der Waals surface area contributed by atoms with Crippen LogP contribution in [-0.2, 0) is 0 Å². The lowest BCUT2D eigenvalue weighted by molar-refractivity contribution is 0.0559. The Morgan fingerprint density at radius 3 is 2.65 bits per heavy atom. The van der Waals surface area contributed by atoms with Crippen LogP contribution in [0.3, 0.4) is 0 Å². The van der Waals surface area contributed by atoms with Gasteiger partial charge in [-0.2, -0.15) is 0 Å². The lowest BCUT2D eigenvalue weighted by Gasteiger charge is -2.31. The molecule has 1 fully saturated rings. The van der Waals surface area contributed by atoms with E-state index in [-0.39, 0.29) is 0 Å². The first-order valence-corrected chi connectivity index (χ1v) is 6.30. The Bertz CT molecular complexity index is 397. The summed E-state index contributed by atoms with van der Waals surface area (Å²) in [7, 11) is 2.00. The summed E-state index contributed by atoms with van der Waals surface area (Å²) in [6.07, 6.45) is 4.08. The van der Waals surface area contributed by atoms with Gasteiger partial charge >= 0.3 is 0 Å². The molecule has 0 radical (unpaired) electrons. The van der Waals surface area contributed by atoms with Crippen molar-refractivity contribution in [1.29, 1.82) is 0 Å². The molecule has 0 saturated heterocycles. The standard InChI is InChI=1S/C14H22N2O/c1-11-6-5-7-12(13(11)15)16(2)10-14(17)8-3-4-9-14/h5-7,17H,3-4,8-10,15H2,1-2H3. The number of nitrogen functional groups attached to an aromatic ring is 1. The predicted molar refractivity (Wildman–Crippen MR) is 72.3 cm³/mol. The van der Waals surface area contributed by atoms with Crippen LogP contribution in [0.25, 0.3) is 0 Å². The lowest BCUT2D eigenvalue weighted by Crippen LogP contribution is -2.39. The van der Waals surface area contributed by atoms with Crippen LogP contribution in [0.15, 0.2) is 18.2 Å². The smallest absolute Gasteiger partial charge is 0.0821 e. The minimum atomic E-state index is -0.523. The third-order valence-corrected chi connectivity index (χ3v) is 3.78. The number of anilines is 2. The quantitative estimate of drug-likeness (QED) is 0.789. The van der Waals surface area contributed by atoms with Crippen molar-refractivity contribution in [1.82, 2.24) is 0 Å². The van der Waals surface area contributed by atoms with Gasteiger partial charge in [-0.25, -0.2) is 0 Å². The average Bonchev–Trinajstić information content (AvgIpc) is 2.68. The van der Waals surface area contributed by atoms with Gasteiger partial charge in [0.2, 0.25) is 0 Å². The van der Waals surface area contributed by atoms with E-state index in [1.54, 1.807) is 0 Å². The number of para-hydroxylation sites is 1. The lowest BCUT2D eigenvalue weighted by atomic mass is 10.0. The van der Waals surface area contributed by atoms with Crippen molar-refractivity contribution >= 4 is 11.4 Å². The minimum absolute atomic E-state index is 0.523. The maximum Gasteiger partial charge on any atom is 0.0821 e. The third-order valence-electron chi connectivity index (χ3n) is 3.78. The van der Waals surface area contributed by atoms with Gasteiger partial charge in [-0.3, -0.25) is 0 Å². The molecule has 0 heterocycles. The largest absolute Gasteiger partial charge is 0.397 e. The maximum absolute atomic E-state index is 10.4. The highest BCUT2D eigenvalue weighted by molar-refractivity contribution is 5.70. The topological polar surface area (TPSA) is 49.5 Å². The number of nitrogens with two attached hydrogens (primary N) is 1. The SMILES string of the molecule is Cc1cccc(N(C)CC2(O)CCCC2)c1N. The second-order valence-corrected chi connectivity index (χ2v) is 5.30. The molecule has 0 aromatic heterocycles. The number of aryl methyl sites for hydroxylation is 1. The zero-order valence-electron chi connectivity index (χ0n) is 10.7. The number of nitrogens with zero attached hydrogens (tertiary/aromatic N) is 1. The molecule has 3 heteroatoms. The Labute approximate surface area is 103 Å². The van der Waals surface area contributed by atoms with E-state index in [0.29, 0.717) is 6.54 Å². The van der Waals surface area contributed by atoms with E-state index >= 15 is 0 Å². The van der Waals surface area contributed by atoms with Crippen LogP contribution < -0.4 is 10.6 Å². The third kappa shape index (κ3) is 2.55. The second-order valence-electron chi connectivity index (χ2n) is 5.30. The fourth-order valence-corrected chi connectivity index (χ4v) is 2.72. The van der Waals surface area contributed by atoms with E-state index < -0.39 is 5.60 Å². The molecule has 17 heavy (non-hydrogen) atoms. The molecule has 0 atom stereocenters. The Kier molecular flexibility index (Phi) is 3.29. The highest BCUT2D eigenvalue weighted by Gasteiger charge is 2.32. The highest BCUT2D eigenvalue weighted by atomic mass is 16.3. The molecule has 0 unspecified atom stereocenters. The molecule has 1 aliphatic rings. The molecule has 1 aromatic rings. The second kappa shape index (κ2) is 4.57. The van der Waals surface area contributed by atoms with E-state index in [1.807, 2.05) is 32.2 Å². The van der Waals surface area contributed by atoms with Gasteiger partial charge in [0, 0.05) is 13.6 Å². The van der Waals surface area contributed by atoms with Gasteiger partial charge < -0.3 is 15.7 Å². The van der Waals surface area contributed by atoms with Crippen LogP contribution in [0, 0.1) is 6.92 Å². The van der Waals surface area contributed by atoms with Gasteiger partial charge in [0.05, 0.1) is 17.0 Å². The van der Waals surface area contributed by atoms with Crippen molar-refractivity contribution < 1.29 is 5.11 Å². The molecule has 3 nitrogen and oxygen atoms in total. The molecule has 3 N–H and O–H groups in total. The van der Waals surface area contributed by atoms with E-state index in [4.69, 9.17) is 5.73 Å². The average molecular weight is 234 g/mol. The van der Waals surface area contributed by atoms with Gasteiger partial charge in [0.1, 0.15) is 0 Å². The molecule has 0 amide bonds. The first-order chi connectivity index (χ1) is 8.02. The molecule has 94 valence electrons.